The van der Waals surface area contributed by atoms with Crippen LogP contribution in [0.5, 0.6) is 5.75 Å². The summed E-state index contributed by atoms with van der Waals surface area (Å²) in [4.78, 5) is 12.9. The number of hydrogen-bond acceptors (Lipinski definition) is 4. The summed E-state index contributed by atoms with van der Waals surface area (Å²) in [5.41, 5.74) is 1.91. The van der Waals surface area contributed by atoms with Gasteiger partial charge in [-0.25, -0.2) is 8.42 Å². The smallest absolute Gasteiger partial charge is 0.243 e. The fraction of sp³-hybridized carbons (Fsp3) is 0.409. The first-order valence-electron chi connectivity index (χ1n) is 9.97. The first-order chi connectivity index (χ1) is 14.2. The lowest BCUT2D eigenvalue weighted by molar-refractivity contribution is -0.120. The number of amides is 1. The number of methoxy groups -OCH3 is 1. The molecule has 1 fully saturated rings. The zero-order chi connectivity index (χ0) is 21.9. The van der Waals surface area contributed by atoms with Crippen molar-refractivity contribution < 1.29 is 17.9 Å². The number of halogens is 1. The molecule has 1 saturated heterocycles. The monoisotopic (exact) mass is 450 g/mol. The Balaban J connectivity index is 1.71. The largest absolute Gasteiger partial charge is 0.495 e. The van der Waals surface area contributed by atoms with Gasteiger partial charge < -0.3 is 10.1 Å². The summed E-state index contributed by atoms with van der Waals surface area (Å²) in [7, 11) is -2.28. The summed E-state index contributed by atoms with van der Waals surface area (Å²) in [5.74, 6) is 0.250. The Bertz CT molecular complexity index is 1010. The molecule has 1 heterocycles. The highest BCUT2D eigenvalue weighted by molar-refractivity contribution is 7.89. The van der Waals surface area contributed by atoms with Crippen molar-refractivity contribution in [2.75, 3.05) is 25.5 Å². The zero-order valence-corrected chi connectivity index (χ0v) is 19.0. The second-order valence-electron chi connectivity index (χ2n) is 7.76. The van der Waals surface area contributed by atoms with E-state index in [0.29, 0.717) is 36.7 Å². The van der Waals surface area contributed by atoms with E-state index < -0.39 is 15.9 Å². The molecule has 0 radical (unpaired) electrons. The van der Waals surface area contributed by atoms with Crippen molar-refractivity contribution in [2.24, 2.45) is 5.92 Å². The molecule has 1 aliphatic rings. The average molecular weight is 451 g/mol. The van der Waals surface area contributed by atoms with Gasteiger partial charge in [-0.3, -0.25) is 4.79 Å². The van der Waals surface area contributed by atoms with Crippen molar-refractivity contribution in [3.63, 3.8) is 0 Å². The Hall–Kier alpha value is -2.09. The lowest BCUT2D eigenvalue weighted by Crippen LogP contribution is -2.43. The number of nitrogens with zero attached hydrogens (tertiary/aromatic N) is 1. The van der Waals surface area contributed by atoms with E-state index in [1.165, 1.54) is 35.2 Å². The van der Waals surface area contributed by atoms with E-state index >= 15 is 0 Å². The van der Waals surface area contributed by atoms with Crippen LogP contribution in [-0.2, 0) is 14.8 Å². The second kappa shape index (κ2) is 9.37. The summed E-state index contributed by atoms with van der Waals surface area (Å²) in [6.45, 7) is 4.74. The van der Waals surface area contributed by atoms with Crippen LogP contribution >= 0.6 is 11.6 Å². The number of anilines is 1. The number of nitrogens with one attached hydrogen (secondary N) is 1. The standard InChI is InChI=1S/C22H27ClN2O4S/c1-15(2)16-6-8-18(9-7-16)24-22(26)17-5-4-12-25(14-17)30(27,28)19-10-11-21(29-3)20(23)13-19/h6-11,13,15,17H,4-5,12,14H2,1-3H3,(H,24,26)/t17-/m0/s1. The molecule has 0 aliphatic carbocycles. The molecule has 0 spiro atoms. The third-order valence-electron chi connectivity index (χ3n) is 5.36. The molecule has 6 nitrogen and oxygen atoms in total. The van der Waals surface area contributed by atoms with Gasteiger partial charge in [-0.15, -0.1) is 0 Å². The van der Waals surface area contributed by atoms with Crippen LogP contribution < -0.4 is 10.1 Å². The van der Waals surface area contributed by atoms with Gasteiger partial charge in [0.05, 0.1) is 22.9 Å². The van der Waals surface area contributed by atoms with E-state index in [0.717, 1.165) is 0 Å². The van der Waals surface area contributed by atoms with Gasteiger partial charge in [0.15, 0.2) is 0 Å². The molecule has 1 aliphatic heterocycles. The first-order valence-corrected chi connectivity index (χ1v) is 11.8. The van der Waals surface area contributed by atoms with E-state index in [2.05, 4.69) is 19.2 Å². The first kappa shape index (κ1) is 22.6. The predicted molar refractivity (Wildman–Crippen MR) is 119 cm³/mol. The van der Waals surface area contributed by atoms with Gasteiger partial charge in [-0.2, -0.15) is 4.31 Å². The maximum atomic E-state index is 13.1. The Kier molecular flexibility index (Phi) is 7.06. The molecule has 8 heteroatoms. The molecule has 162 valence electrons. The summed E-state index contributed by atoms with van der Waals surface area (Å²) in [6.07, 6.45) is 1.26. The van der Waals surface area contributed by atoms with Gasteiger partial charge in [-0.05, 0) is 54.7 Å². The van der Waals surface area contributed by atoms with E-state index in [1.54, 1.807) is 0 Å². The molecular formula is C22H27ClN2O4S. The van der Waals surface area contributed by atoms with Crippen LogP contribution in [0.25, 0.3) is 0 Å². The van der Waals surface area contributed by atoms with Crippen LogP contribution in [0.15, 0.2) is 47.4 Å². The SMILES string of the molecule is COc1ccc(S(=O)(=O)N2CCC[C@H](C(=O)Nc3ccc(C(C)C)cc3)C2)cc1Cl. The summed E-state index contributed by atoms with van der Waals surface area (Å²) >= 11 is 6.10. The predicted octanol–water partition coefficient (Wildman–Crippen LogP) is 4.51. The highest BCUT2D eigenvalue weighted by Gasteiger charge is 2.33. The average Bonchev–Trinajstić information content (AvgIpc) is 2.74. The van der Waals surface area contributed by atoms with E-state index in [4.69, 9.17) is 16.3 Å². The van der Waals surface area contributed by atoms with Crippen molar-refractivity contribution in [1.29, 1.82) is 0 Å². The quantitative estimate of drug-likeness (QED) is 0.702. The molecule has 1 amide bonds. The minimum atomic E-state index is -3.75. The number of ether oxygens (including phenoxy) is 1. The van der Waals surface area contributed by atoms with Crippen molar-refractivity contribution >= 4 is 33.2 Å². The minimum Gasteiger partial charge on any atom is -0.495 e. The van der Waals surface area contributed by atoms with Crippen molar-refractivity contribution in [3.05, 3.63) is 53.1 Å². The topological polar surface area (TPSA) is 75.7 Å². The molecule has 0 unspecified atom stereocenters. The summed E-state index contributed by atoms with van der Waals surface area (Å²) in [5, 5.41) is 3.15. The molecule has 0 saturated carbocycles. The van der Waals surface area contributed by atoms with Crippen molar-refractivity contribution in [2.45, 2.75) is 37.5 Å². The number of rotatable bonds is 6. The number of piperidine rings is 1. The fourth-order valence-corrected chi connectivity index (χ4v) is 5.40. The normalized spacial score (nSPS) is 17.7. The lowest BCUT2D eigenvalue weighted by Gasteiger charge is -2.31. The lowest BCUT2D eigenvalue weighted by atomic mass is 9.98. The van der Waals surface area contributed by atoms with Gasteiger partial charge in [0, 0.05) is 18.8 Å². The second-order valence-corrected chi connectivity index (χ2v) is 10.1. The molecule has 30 heavy (non-hydrogen) atoms. The van der Waals surface area contributed by atoms with Crippen LogP contribution in [0.1, 0.15) is 38.2 Å². The molecule has 2 aromatic rings. The fourth-order valence-electron chi connectivity index (χ4n) is 3.53. The number of sulfonamides is 1. The van der Waals surface area contributed by atoms with Gasteiger partial charge in [0.2, 0.25) is 15.9 Å². The number of carbonyl (C=O) groups is 1. The maximum Gasteiger partial charge on any atom is 0.243 e. The van der Waals surface area contributed by atoms with Crippen LogP contribution in [0.3, 0.4) is 0 Å². The van der Waals surface area contributed by atoms with Crippen molar-refractivity contribution in [3.8, 4) is 5.75 Å². The Morgan fingerprint density at radius 1 is 1.20 bits per heavy atom. The van der Waals surface area contributed by atoms with Crippen LogP contribution in [0, 0.1) is 5.92 Å². The Morgan fingerprint density at radius 3 is 2.50 bits per heavy atom. The van der Waals surface area contributed by atoms with Gasteiger partial charge in [0.25, 0.3) is 0 Å². The number of hydrogen-bond donors (Lipinski definition) is 1. The number of carbonyl (C=O) groups excluding carboxylic acids is 1. The molecule has 1 N–H and O–H groups in total. The van der Waals surface area contributed by atoms with Gasteiger partial charge in [0.1, 0.15) is 5.75 Å². The van der Waals surface area contributed by atoms with Crippen LogP contribution in [0.4, 0.5) is 5.69 Å². The van der Waals surface area contributed by atoms with Gasteiger partial charge in [-0.1, -0.05) is 37.6 Å². The summed E-state index contributed by atoms with van der Waals surface area (Å²) < 4.78 is 32.6. The molecule has 3 rings (SSSR count). The third kappa shape index (κ3) is 4.96. The zero-order valence-electron chi connectivity index (χ0n) is 17.4. The third-order valence-corrected chi connectivity index (χ3v) is 7.52. The molecule has 1 atom stereocenters. The maximum absolute atomic E-state index is 13.1. The molecule has 0 bridgehead atoms. The minimum absolute atomic E-state index is 0.0960. The van der Waals surface area contributed by atoms with Crippen molar-refractivity contribution in [1.82, 2.24) is 4.31 Å². The van der Waals surface area contributed by atoms with E-state index in [-0.39, 0.29) is 22.4 Å². The molecular weight excluding hydrogens is 424 g/mol. The highest BCUT2D eigenvalue weighted by Crippen LogP contribution is 2.30. The Morgan fingerprint density at radius 2 is 1.90 bits per heavy atom. The van der Waals surface area contributed by atoms with E-state index in [1.807, 2.05) is 24.3 Å². The summed E-state index contributed by atoms with van der Waals surface area (Å²) in [6, 6.07) is 12.1. The molecule has 2 aromatic carbocycles. The van der Waals surface area contributed by atoms with Crippen LogP contribution in [-0.4, -0.2) is 38.8 Å². The highest BCUT2D eigenvalue weighted by atomic mass is 35.5. The molecule has 0 aromatic heterocycles. The Labute approximate surface area is 183 Å². The van der Waals surface area contributed by atoms with E-state index in [9.17, 15) is 13.2 Å². The van der Waals surface area contributed by atoms with Crippen LogP contribution in [0.2, 0.25) is 5.02 Å². The number of benzene rings is 2. The van der Waals surface area contributed by atoms with Gasteiger partial charge >= 0.3 is 0 Å².